The molecule has 3 nitrogen and oxygen atoms in total. The van der Waals surface area contributed by atoms with E-state index in [0.717, 1.165) is 17.9 Å². The van der Waals surface area contributed by atoms with Crippen LogP contribution in [0, 0.1) is 5.92 Å². The number of rotatable bonds is 7. The van der Waals surface area contributed by atoms with Gasteiger partial charge in [-0.25, -0.2) is 0 Å². The monoisotopic (exact) mass is 311 g/mol. The van der Waals surface area contributed by atoms with Crippen molar-refractivity contribution in [3.05, 3.63) is 17.5 Å². The summed E-state index contributed by atoms with van der Waals surface area (Å²) in [6, 6.07) is 1.91. The van der Waals surface area contributed by atoms with Gasteiger partial charge in [-0.2, -0.15) is 0 Å². The van der Waals surface area contributed by atoms with E-state index in [-0.39, 0.29) is 15.9 Å². The molecule has 0 aromatic carbocycles. The van der Waals surface area contributed by atoms with Gasteiger partial charge in [0, 0.05) is 11.5 Å². The Morgan fingerprint density at radius 1 is 1.29 bits per heavy atom. The zero-order valence-electron chi connectivity index (χ0n) is 14.4. The molecule has 0 atom stereocenters. The summed E-state index contributed by atoms with van der Waals surface area (Å²) in [7, 11) is 0. The van der Waals surface area contributed by atoms with E-state index in [1.165, 1.54) is 0 Å². The Bertz CT molecular complexity index is 469. The van der Waals surface area contributed by atoms with Crippen molar-refractivity contribution in [1.29, 1.82) is 0 Å². The van der Waals surface area contributed by atoms with E-state index in [4.69, 9.17) is 4.52 Å². The number of carbonyl (C=O) groups excluding carboxylic acids is 1. The van der Waals surface area contributed by atoms with Gasteiger partial charge in [0.05, 0.1) is 16.9 Å². The molecule has 0 aliphatic carbocycles. The minimum absolute atomic E-state index is 0.0493. The molecule has 0 saturated heterocycles. The molecule has 1 aromatic rings. The number of aromatic nitrogens is 1. The van der Waals surface area contributed by atoms with E-state index < -0.39 is 0 Å². The van der Waals surface area contributed by atoms with Crippen LogP contribution in [0.4, 0.5) is 0 Å². The van der Waals surface area contributed by atoms with Crippen molar-refractivity contribution in [3.63, 3.8) is 0 Å². The highest BCUT2D eigenvalue weighted by molar-refractivity contribution is 8.01. The molecule has 0 spiro atoms. The largest absolute Gasteiger partial charge is 0.361 e. The van der Waals surface area contributed by atoms with E-state index in [9.17, 15) is 4.79 Å². The van der Waals surface area contributed by atoms with Crippen LogP contribution < -0.4 is 0 Å². The topological polar surface area (TPSA) is 43.1 Å². The van der Waals surface area contributed by atoms with Gasteiger partial charge in [-0.15, -0.1) is 11.8 Å². The lowest BCUT2D eigenvalue weighted by molar-refractivity contribution is -0.120. The average molecular weight is 311 g/mol. The fraction of sp³-hybridized carbons (Fsp3) is 0.765. The van der Waals surface area contributed by atoms with Crippen molar-refractivity contribution in [2.45, 2.75) is 71.5 Å². The Hall–Kier alpha value is -0.770. The van der Waals surface area contributed by atoms with Crippen LogP contribution in [0.25, 0.3) is 0 Å². The maximum atomic E-state index is 12.5. The minimum atomic E-state index is -0.371. The average Bonchev–Trinajstić information content (AvgIpc) is 2.76. The van der Waals surface area contributed by atoms with Gasteiger partial charge in [-0.3, -0.25) is 4.79 Å². The fourth-order valence-electron chi connectivity index (χ4n) is 1.75. The van der Waals surface area contributed by atoms with Crippen LogP contribution in [0.5, 0.6) is 0 Å². The molecule has 0 amide bonds. The Labute approximate surface area is 133 Å². The predicted molar refractivity (Wildman–Crippen MR) is 89.9 cm³/mol. The summed E-state index contributed by atoms with van der Waals surface area (Å²) in [6.07, 6.45) is 1.46. The Morgan fingerprint density at radius 3 is 2.38 bits per heavy atom. The molecule has 1 aromatic heterocycles. The van der Waals surface area contributed by atoms with E-state index in [2.05, 4.69) is 39.8 Å². The van der Waals surface area contributed by atoms with Crippen LogP contribution in [-0.4, -0.2) is 21.4 Å². The first kappa shape index (κ1) is 18.3. The molecule has 0 fully saturated rings. The number of Topliss-reactive ketones (excluding diaryl/α,β-unsaturated/α-hetero) is 1. The molecule has 1 rings (SSSR count). The number of nitrogens with zero attached hydrogens (tertiary/aromatic N) is 1. The van der Waals surface area contributed by atoms with Crippen LogP contribution in [-0.2, 0) is 16.6 Å². The van der Waals surface area contributed by atoms with Crippen LogP contribution in [0.2, 0.25) is 0 Å². The maximum Gasteiger partial charge on any atom is 0.155 e. The van der Waals surface area contributed by atoms with Gasteiger partial charge >= 0.3 is 0 Å². The fourth-order valence-corrected chi connectivity index (χ4v) is 3.08. The van der Waals surface area contributed by atoms with Gasteiger partial charge < -0.3 is 4.52 Å². The molecule has 0 N–H and O–H groups in total. The quantitative estimate of drug-likeness (QED) is 0.735. The Kier molecular flexibility index (Phi) is 6.09. The van der Waals surface area contributed by atoms with Gasteiger partial charge in [-0.05, 0) is 31.9 Å². The van der Waals surface area contributed by atoms with Crippen LogP contribution >= 0.6 is 11.8 Å². The van der Waals surface area contributed by atoms with Gasteiger partial charge in [0.2, 0.25) is 0 Å². The molecule has 1 heterocycles. The number of thioether (sulfide) groups is 1. The third kappa shape index (κ3) is 5.85. The first-order valence-electron chi connectivity index (χ1n) is 7.65. The van der Waals surface area contributed by atoms with Gasteiger partial charge in [-0.1, -0.05) is 39.8 Å². The highest BCUT2D eigenvalue weighted by Crippen LogP contribution is 2.29. The summed E-state index contributed by atoms with van der Waals surface area (Å²) in [5.74, 6) is 2.56. The molecule has 0 aliphatic rings. The predicted octanol–water partition coefficient (Wildman–Crippen LogP) is 4.64. The smallest absolute Gasteiger partial charge is 0.155 e. The molecular formula is C17H29NO2S. The first-order chi connectivity index (χ1) is 9.52. The summed E-state index contributed by atoms with van der Waals surface area (Å²) >= 11 is 1.74. The second kappa shape index (κ2) is 6.99. The molecular weight excluding hydrogens is 282 g/mol. The van der Waals surface area contributed by atoms with E-state index in [0.29, 0.717) is 18.1 Å². The third-order valence-electron chi connectivity index (χ3n) is 3.49. The first-order valence-corrected chi connectivity index (χ1v) is 8.64. The van der Waals surface area contributed by atoms with Crippen LogP contribution in [0.1, 0.15) is 66.3 Å². The Balaban J connectivity index is 2.61. The SMILES string of the molecule is CC(C)CCSC(C)(C)C(=O)Cc1cc(C(C)(C)C)no1. The molecule has 0 saturated carbocycles. The van der Waals surface area contributed by atoms with Crippen molar-refractivity contribution in [1.82, 2.24) is 5.16 Å². The lowest BCUT2D eigenvalue weighted by Crippen LogP contribution is -2.30. The summed E-state index contributed by atoms with van der Waals surface area (Å²) in [4.78, 5) is 12.5. The summed E-state index contributed by atoms with van der Waals surface area (Å²) in [5.41, 5.74) is 0.849. The van der Waals surface area contributed by atoms with Crippen molar-refractivity contribution < 1.29 is 9.32 Å². The second-order valence-electron chi connectivity index (χ2n) is 7.57. The highest BCUT2D eigenvalue weighted by atomic mass is 32.2. The van der Waals surface area contributed by atoms with E-state index in [1.54, 1.807) is 11.8 Å². The van der Waals surface area contributed by atoms with E-state index >= 15 is 0 Å². The number of ketones is 1. The van der Waals surface area contributed by atoms with Crippen molar-refractivity contribution in [3.8, 4) is 0 Å². The maximum absolute atomic E-state index is 12.5. The summed E-state index contributed by atoms with van der Waals surface area (Å²) in [6.45, 7) is 14.7. The minimum Gasteiger partial charge on any atom is -0.361 e. The van der Waals surface area contributed by atoms with Crippen LogP contribution in [0.3, 0.4) is 0 Å². The molecule has 0 bridgehead atoms. The van der Waals surface area contributed by atoms with Gasteiger partial charge in [0.15, 0.2) is 5.78 Å². The lowest BCUT2D eigenvalue weighted by Gasteiger charge is -2.22. The lowest BCUT2D eigenvalue weighted by atomic mass is 9.92. The van der Waals surface area contributed by atoms with Gasteiger partial charge in [0.25, 0.3) is 0 Å². The number of hydrogen-bond donors (Lipinski definition) is 0. The van der Waals surface area contributed by atoms with Gasteiger partial charge in [0.1, 0.15) is 5.76 Å². The molecule has 120 valence electrons. The molecule has 0 aliphatic heterocycles. The third-order valence-corrected chi connectivity index (χ3v) is 4.88. The standard InChI is InChI=1S/C17H29NO2S/c1-12(2)8-9-21-17(6,7)15(19)11-13-10-14(18-20-13)16(3,4)5/h10,12H,8-9,11H2,1-7H3. The highest BCUT2D eigenvalue weighted by Gasteiger charge is 2.29. The zero-order valence-corrected chi connectivity index (χ0v) is 15.3. The van der Waals surface area contributed by atoms with Crippen molar-refractivity contribution >= 4 is 17.5 Å². The Morgan fingerprint density at radius 2 is 1.90 bits per heavy atom. The number of hydrogen-bond acceptors (Lipinski definition) is 4. The second-order valence-corrected chi connectivity index (χ2v) is 9.29. The van der Waals surface area contributed by atoms with E-state index in [1.807, 2.05) is 19.9 Å². The normalized spacial score (nSPS) is 13.0. The zero-order chi connectivity index (χ0) is 16.3. The molecule has 0 unspecified atom stereocenters. The van der Waals surface area contributed by atoms with Crippen LogP contribution in [0.15, 0.2) is 10.6 Å². The summed E-state index contributed by atoms with van der Waals surface area (Å²) in [5, 5.41) is 4.07. The molecule has 0 radical (unpaired) electrons. The molecule has 4 heteroatoms. The van der Waals surface area contributed by atoms with Crippen molar-refractivity contribution in [2.75, 3.05) is 5.75 Å². The van der Waals surface area contributed by atoms with Crippen molar-refractivity contribution in [2.24, 2.45) is 5.92 Å². The summed E-state index contributed by atoms with van der Waals surface area (Å²) < 4.78 is 4.95. The number of carbonyl (C=O) groups is 1. The molecule has 21 heavy (non-hydrogen) atoms.